The maximum absolute atomic E-state index is 8.78. The van der Waals surface area contributed by atoms with Gasteiger partial charge in [0.2, 0.25) is 0 Å². The van der Waals surface area contributed by atoms with E-state index in [-0.39, 0.29) is 0 Å². The molecule has 0 spiro atoms. The minimum atomic E-state index is 0.362. The lowest BCUT2D eigenvalue weighted by atomic mass is 10.2. The third kappa shape index (κ3) is 2.55. The molecule has 0 atom stereocenters. The summed E-state index contributed by atoms with van der Waals surface area (Å²) in [5.74, 6) is 1.12. The van der Waals surface area contributed by atoms with E-state index in [9.17, 15) is 0 Å². The number of nitrogens with zero attached hydrogens (tertiary/aromatic N) is 1. The van der Waals surface area contributed by atoms with Gasteiger partial charge in [-0.05, 0) is 36.8 Å². The standard InChI is InChI=1S/C14H11ClN2O/c1-9-2-5-14(13(17)6-9)18-11-4-3-10(8-16)12(15)7-11/h2-7H,17H2,1H3. The van der Waals surface area contributed by atoms with Gasteiger partial charge < -0.3 is 10.5 Å². The van der Waals surface area contributed by atoms with Crippen LogP contribution in [0.25, 0.3) is 0 Å². The average Bonchev–Trinajstić information content (AvgIpc) is 2.33. The van der Waals surface area contributed by atoms with Gasteiger partial charge in [0.25, 0.3) is 0 Å². The Balaban J connectivity index is 2.29. The van der Waals surface area contributed by atoms with Crippen LogP contribution in [0, 0.1) is 18.3 Å². The molecule has 0 unspecified atom stereocenters. The minimum absolute atomic E-state index is 0.362. The molecule has 0 aliphatic heterocycles. The lowest BCUT2D eigenvalue weighted by molar-refractivity contribution is 0.485. The zero-order valence-electron chi connectivity index (χ0n) is 9.77. The van der Waals surface area contributed by atoms with Gasteiger partial charge in [-0.1, -0.05) is 17.7 Å². The summed E-state index contributed by atoms with van der Waals surface area (Å²) < 4.78 is 5.63. The first kappa shape index (κ1) is 12.3. The molecule has 2 rings (SSSR count). The Morgan fingerprint density at radius 1 is 1.22 bits per heavy atom. The first-order valence-electron chi connectivity index (χ1n) is 5.34. The lowest BCUT2D eigenvalue weighted by Gasteiger charge is -2.09. The molecule has 0 aliphatic carbocycles. The minimum Gasteiger partial charge on any atom is -0.455 e. The zero-order valence-corrected chi connectivity index (χ0v) is 10.5. The summed E-state index contributed by atoms with van der Waals surface area (Å²) in [6.07, 6.45) is 0. The summed E-state index contributed by atoms with van der Waals surface area (Å²) in [6.45, 7) is 1.96. The lowest BCUT2D eigenvalue weighted by Crippen LogP contribution is -1.93. The van der Waals surface area contributed by atoms with Crippen LogP contribution in [-0.2, 0) is 0 Å². The summed E-state index contributed by atoms with van der Waals surface area (Å²) in [5, 5.41) is 9.14. The van der Waals surface area contributed by atoms with Crippen LogP contribution in [0.2, 0.25) is 5.02 Å². The highest BCUT2D eigenvalue weighted by atomic mass is 35.5. The second-order valence-electron chi connectivity index (χ2n) is 3.90. The Bertz CT molecular complexity index is 632. The van der Waals surface area contributed by atoms with Gasteiger partial charge in [-0.15, -0.1) is 0 Å². The smallest absolute Gasteiger partial charge is 0.150 e. The fraction of sp³-hybridized carbons (Fsp3) is 0.0714. The van der Waals surface area contributed by atoms with Crippen LogP contribution in [0.5, 0.6) is 11.5 Å². The van der Waals surface area contributed by atoms with Crippen molar-refractivity contribution >= 4 is 17.3 Å². The van der Waals surface area contributed by atoms with Crippen LogP contribution in [0.3, 0.4) is 0 Å². The number of rotatable bonds is 2. The fourth-order valence-electron chi connectivity index (χ4n) is 1.54. The molecule has 2 aromatic carbocycles. The van der Waals surface area contributed by atoms with Crippen molar-refractivity contribution in [3.8, 4) is 17.6 Å². The highest BCUT2D eigenvalue weighted by Gasteiger charge is 2.05. The Morgan fingerprint density at radius 3 is 2.61 bits per heavy atom. The predicted molar refractivity (Wildman–Crippen MR) is 71.8 cm³/mol. The van der Waals surface area contributed by atoms with Gasteiger partial charge in [-0.2, -0.15) is 5.26 Å². The molecule has 2 N–H and O–H groups in total. The second kappa shape index (κ2) is 4.99. The van der Waals surface area contributed by atoms with Gasteiger partial charge >= 0.3 is 0 Å². The predicted octanol–water partition coefficient (Wildman–Crippen LogP) is 3.89. The van der Waals surface area contributed by atoms with Crippen LogP contribution in [-0.4, -0.2) is 0 Å². The third-order valence-corrected chi connectivity index (χ3v) is 2.77. The van der Waals surface area contributed by atoms with Crippen molar-refractivity contribution in [2.24, 2.45) is 0 Å². The Hall–Kier alpha value is -2.18. The fourth-order valence-corrected chi connectivity index (χ4v) is 1.75. The summed E-state index contributed by atoms with van der Waals surface area (Å²) >= 11 is 5.93. The Morgan fingerprint density at radius 2 is 2.00 bits per heavy atom. The van der Waals surface area contributed by atoms with Gasteiger partial charge in [0.1, 0.15) is 17.6 Å². The van der Waals surface area contributed by atoms with Gasteiger partial charge in [-0.3, -0.25) is 0 Å². The molecule has 0 bridgehead atoms. The third-order valence-electron chi connectivity index (χ3n) is 2.45. The van der Waals surface area contributed by atoms with E-state index in [0.29, 0.717) is 27.8 Å². The monoisotopic (exact) mass is 258 g/mol. The van der Waals surface area contributed by atoms with E-state index in [2.05, 4.69) is 0 Å². The van der Waals surface area contributed by atoms with Crippen molar-refractivity contribution in [3.63, 3.8) is 0 Å². The Labute approximate surface area is 110 Å². The highest BCUT2D eigenvalue weighted by Crippen LogP contribution is 2.30. The number of anilines is 1. The van der Waals surface area contributed by atoms with Gasteiger partial charge in [0, 0.05) is 6.07 Å². The van der Waals surface area contributed by atoms with Crippen LogP contribution in [0.15, 0.2) is 36.4 Å². The molecule has 2 aromatic rings. The van der Waals surface area contributed by atoms with Crippen molar-refractivity contribution in [1.82, 2.24) is 0 Å². The normalized spacial score (nSPS) is 9.83. The SMILES string of the molecule is Cc1ccc(Oc2ccc(C#N)c(Cl)c2)c(N)c1. The number of nitrogens with two attached hydrogens (primary N) is 1. The maximum atomic E-state index is 8.78. The molecule has 0 radical (unpaired) electrons. The summed E-state index contributed by atoms with van der Waals surface area (Å²) in [7, 11) is 0. The number of aryl methyl sites for hydroxylation is 1. The molecule has 0 aliphatic rings. The summed E-state index contributed by atoms with van der Waals surface area (Å²) in [6, 6.07) is 12.4. The second-order valence-corrected chi connectivity index (χ2v) is 4.30. The molecule has 0 fully saturated rings. The zero-order chi connectivity index (χ0) is 13.1. The molecular weight excluding hydrogens is 248 g/mol. The first-order valence-corrected chi connectivity index (χ1v) is 5.71. The van der Waals surface area contributed by atoms with Crippen LogP contribution >= 0.6 is 11.6 Å². The van der Waals surface area contributed by atoms with Gasteiger partial charge in [0.05, 0.1) is 16.3 Å². The molecule has 0 saturated heterocycles. The van der Waals surface area contributed by atoms with Crippen LogP contribution in [0.1, 0.15) is 11.1 Å². The van der Waals surface area contributed by atoms with Crippen molar-refractivity contribution in [2.75, 3.05) is 5.73 Å². The van der Waals surface area contributed by atoms with Crippen LogP contribution in [0.4, 0.5) is 5.69 Å². The van der Waals surface area contributed by atoms with E-state index >= 15 is 0 Å². The van der Waals surface area contributed by atoms with Crippen molar-refractivity contribution < 1.29 is 4.74 Å². The molecule has 0 saturated carbocycles. The van der Waals surface area contributed by atoms with E-state index in [1.807, 2.05) is 25.1 Å². The Kier molecular flexibility index (Phi) is 3.40. The number of benzene rings is 2. The number of ether oxygens (including phenoxy) is 1. The summed E-state index contributed by atoms with van der Waals surface area (Å²) in [5.41, 5.74) is 7.90. The topological polar surface area (TPSA) is 59.0 Å². The molecule has 4 heteroatoms. The van der Waals surface area contributed by atoms with Gasteiger partial charge in [0.15, 0.2) is 0 Å². The summed E-state index contributed by atoms with van der Waals surface area (Å²) in [4.78, 5) is 0. The quantitative estimate of drug-likeness (QED) is 0.831. The van der Waals surface area contributed by atoms with Crippen molar-refractivity contribution in [1.29, 1.82) is 5.26 Å². The van der Waals surface area contributed by atoms with Gasteiger partial charge in [-0.25, -0.2) is 0 Å². The number of nitrogen functional groups attached to an aromatic ring is 1. The number of nitriles is 1. The number of hydrogen-bond acceptors (Lipinski definition) is 3. The van der Waals surface area contributed by atoms with Crippen molar-refractivity contribution in [2.45, 2.75) is 6.92 Å². The van der Waals surface area contributed by atoms with E-state index in [1.165, 1.54) is 0 Å². The molecule has 0 amide bonds. The number of halogens is 1. The van der Waals surface area contributed by atoms with E-state index in [0.717, 1.165) is 5.56 Å². The van der Waals surface area contributed by atoms with E-state index < -0.39 is 0 Å². The first-order chi connectivity index (χ1) is 8.60. The molecule has 0 aromatic heterocycles. The maximum Gasteiger partial charge on any atom is 0.150 e. The molecule has 18 heavy (non-hydrogen) atoms. The number of hydrogen-bond donors (Lipinski definition) is 1. The largest absolute Gasteiger partial charge is 0.455 e. The molecule has 90 valence electrons. The van der Waals surface area contributed by atoms with E-state index in [4.69, 9.17) is 27.3 Å². The average molecular weight is 259 g/mol. The highest BCUT2D eigenvalue weighted by molar-refractivity contribution is 6.31. The molecular formula is C14H11ClN2O. The molecule has 3 nitrogen and oxygen atoms in total. The van der Waals surface area contributed by atoms with Crippen LogP contribution < -0.4 is 10.5 Å². The molecule has 0 heterocycles. The van der Waals surface area contributed by atoms with E-state index in [1.54, 1.807) is 24.3 Å². The van der Waals surface area contributed by atoms with Crippen molar-refractivity contribution in [3.05, 3.63) is 52.5 Å².